The van der Waals surface area contributed by atoms with E-state index in [1.54, 1.807) is 7.11 Å². The van der Waals surface area contributed by atoms with Gasteiger partial charge in [-0.2, -0.15) is 0 Å². The minimum absolute atomic E-state index is 0. The molecule has 0 aromatic heterocycles. The summed E-state index contributed by atoms with van der Waals surface area (Å²) >= 11 is 0. The molecule has 0 amide bonds. The molecule has 1 atom stereocenters. The molecule has 2 N–H and O–H groups in total. The maximum Gasteiger partial charge on any atom is 0.191 e. The monoisotopic (exact) mass is 526 g/mol. The lowest BCUT2D eigenvalue weighted by Crippen LogP contribution is -2.45. The van der Waals surface area contributed by atoms with Gasteiger partial charge in [-0.05, 0) is 43.9 Å². The molecule has 30 heavy (non-hydrogen) atoms. The topological polar surface area (TPSA) is 58.1 Å². The Morgan fingerprint density at radius 3 is 2.77 bits per heavy atom. The molecule has 166 valence electrons. The molecule has 2 fully saturated rings. The summed E-state index contributed by atoms with van der Waals surface area (Å²) in [6.45, 7) is 6.01. The van der Waals surface area contributed by atoms with Crippen LogP contribution in [0.4, 0.5) is 0 Å². The highest BCUT2D eigenvalue weighted by atomic mass is 127. The van der Waals surface area contributed by atoms with Crippen molar-refractivity contribution in [1.29, 1.82) is 0 Å². The van der Waals surface area contributed by atoms with Crippen LogP contribution in [0.1, 0.15) is 44.6 Å². The number of halogens is 1. The molecule has 0 bridgehead atoms. The summed E-state index contributed by atoms with van der Waals surface area (Å²) in [7, 11) is 1.62. The van der Waals surface area contributed by atoms with Gasteiger partial charge in [0, 0.05) is 31.7 Å². The summed E-state index contributed by atoms with van der Waals surface area (Å²) in [4.78, 5) is 7.45. The lowest BCUT2D eigenvalue weighted by molar-refractivity contribution is 0.242. The van der Waals surface area contributed by atoms with Crippen LogP contribution in [0.3, 0.4) is 0 Å². The van der Waals surface area contributed by atoms with Crippen LogP contribution in [-0.2, 0) is 6.54 Å². The number of terminal acetylenes is 1. The average molecular weight is 526 g/mol. The molecule has 1 aromatic carbocycles. The van der Waals surface area contributed by atoms with Gasteiger partial charge >= 0.3 is 0 Å². The Bertz CT molecular complexity index is 728. The summed E-state index contributed by atoms with van der Waals surface area (Å²) in [5.74, 6) is 4.69. The SMILES string of the molecule is C#CCOc1cc(CN=C(NCC)NC2CCN(C3CCCC3)C2)ccc1OC.I. The number of ether oxygens (including phenoxy) is 2. The molecular formula is C23H35IN4O2. The quantitative estimate of drug-likeness (QED) is 0.236. The van der Waals surface area contributed by atoms with Crippen LogP contribution >= 0.6 is 24.0 Å². The Hall–Kier alpha value is -1.66. The first-order valence-electron chi connectivity index (χ1n) is 10.8. The van der Waals surface area contributed by atoms with E-state index in [2.05, 4.69) is 28.4 Å². The number of benzene rings is 1. The van der Waals surface area contributed by atoms with E-state index in [9.17, 15) is 0 Å². The minimum Gasteiger partial charge on any atom is -0.493 e. The second-order valence-electron chi connectivity index (χ2n) is 7.74. The van der Waals surface area contributed by atoms with Crippen molar-refractivity contribution >= 4 is 29.9 Å². The van der Waals surface area contributed by atoms with Gasteiger partial charge in [-0.25, -0.2) is 4.99 Å². The van der Waals surface area contributed by atoms with Gasteiger partial charge in [0.25, 0.3) is 0 Å². The highest BCUT2D eigenvalue weighted by Gasteiger charge is 2.30. The fourth-order valence-corrected chi connectivity index (χ4v) is 4.24. The number of guanidine groups is 1. The highest BCUT2D eigenvalue weighted by Crippen LogP contribution is 2.28. The van der Waals surface area contributed by atoms with Gasteiger partial charge in [0.2, 0.25) is 0 Å². The summed E-state index contributed by atoms with van der Waals surface area (Å²) < 4.78 is 10.9. The van der Waals surface area contributed by atoms with Crippen molar-refractivity contribution in [3.8, 4) is 23.8 Å². The molecule has 1 heterocycles. The van der Waals surface area contributed by atoms with E-state index in [-0.39, 0.29) is 30.6 Å². The Morgan fingerprint density at radius 1 is 1.27 bits per heavy atom. The Balaban J connectivity index is 0.00000320. The molecular weight excluding hydrogens is 491 g/mol. The lowest BCUT2D eigenvalue weighted by atomic mass is 10.2. The normalized spacial score (nSPS) is 19.8. The van der Waals surface area contributed by atoms with E-state index in [1.165, 1.54) is 38.6 Å². The second-order valence-corrected chi connectivity index (χ2v) is 7.74. The van der Waals surface area contributed by atoms with E-state index in [0.717, 1.165) is 30.7 Å². The van der Waals surface area contributed by atoms with Crippen molar-refractivity contribution in [1.82, 2.24) is 15.5 Å². The third-order valence-corrected chi connectivity index (χ3v) is 5.70. The summed E-state index contributed by atoms with van der Waals surface area (Å²) in [5, 5.41) is 7.00. The largest absolute Gasteiger partial charge is 0.493 e. The van der Waals surface area contributed by atoms with Crippen molar-refractivity contribution in [3.63, 3.8) is 0 Å². The zero-order chi connectivity index (χ0) is 20.5. The Labute approximate surface area is 198 Å². The number of methoxy groups -OCH3 is 1. The molecule has 1 aliphatic carbocycles. The smallest absolute Gasteiger partial charge is 0.191 e. The highest BCUT2D eigenvalue weighted by molar-refractivity contribution is 14.0. The number of hydrogen-bond acceptors (Lipinski definition) is 4. The Morgan fingerprint density at radius 2 is 2.07 bits per heavy atom. The first kappa shape index (κ1) is 24.6. The number of likely N-dealkylation sites (tertiary alicyclic amines) is 1. The van der Waals surface area contributed by atoms with E-state index >= 15 is 0 Å². The van der Waals surface area contributed by atoms with Gasteiger partial charge in [-0.3, -0.25) is 4.90 Å². The predicted molar refractivity (Wildman–Crippen MR) is 133 cm³/mol. The molecule has 7 heteroatoms. The van der Waals surface area contributed by atoms with Gasteiger partial charge in [0.1, 0.15) is 6.61 Å². The molecule has 2 aliphatic rings. The van der Waals surface area contributed by atoms with E-state index in [4.69, 9.17) is 20.9 Å². The third kappa shape index (κ3) is 6.95. The van der Waals surface area contributed by atoms with Crippen LogP contribution in [0.2, 0.25) is 0 Å². The maximum atomic E-state index is 5.59. The van der Waals surface area contributed by atoms with Gasteiger partial charge in [0.05, 0.1) is 13.7 Å². The van der Waals surface area contributed by atoms with Crippen molar-refractivity contribution in [3.05, 3.63) is 23.8 Å². The molecule has 1 unspecified atom stereocenters. The average Bonchev–Trinajstić information content (AvgIpc) is 3.42. The third-order valence-electron chi connectivity index (χ3n) is 5.70. The number of nitrogens with one attached hydrogen (secondary N) is 2. The molecule has 1 aromatic rings. The Kier molecular flexibility index (Phi) is 10.6. The molecule has 0 radical (unpaired) electrons. The standard InChI is InChI=1S/C23H34N4O2.HI/c1-4-14-29-22-15-18(10-11-21(22)28-3)16-25-23(24-5-2)26-19-12-13-27(17-19)20-8-6-7-9-20;/h1,10-11,15,19-20H,5-9,12-14,16-17H2,2-3H3,(H2,24,25,26);1H. The first-order chi connectivity index (χ1) is 14.2. The molecule has 1 aliphatic heterocycles. The second kappa shape index (κ2) is 12.9. The van der Waals surface area contributed by atoms with Gasteiger partial charge in [0.15, 0.2) is 17.5 Å². The van der Waals surface area contributed by atoms with E-state index in [0.29, 0.717) is 24.1 Å². The van der Waals surface area contributed by atoms with Gasteiger partial charge in [-0.1, -0.05) is 24.8 Å². The van der Waals surface area contributed by atoms with Gasteiger partial charge < -0.3 is 20.1 Å². The number of aliphatic imine (C=N–C) groups is 1. The minimum atomic E-state index is 0. The van der Waals surface area contributed by atoms with Crippen molar-refractivity contribution in [2.75, 3.05) is 33.4 Å². The molecule has 3 rings (SSSR count). The van der Waals surface area contributed by atoms with Crippen molar-refractivity contribution in [2.45, 2.75) is 57.7 Å². The summed E-state index contributed by atoms with van der Waals surface area (Å²) in [5.41, 5.74) is 1.05. The van der Waals surface area contributed by atoms with Crippen LogP contribution in [-0.4, -0.2) is 56.3 Å². The van der Waals surface area contributed by atoms with Crippen LogP contribution in [0.25, 0.3) is 0 Å². The number of rotatable bonds is 8. The van der Waals surface area contributed by atoms with Crippen LogP contribution in [0.5, 0.6) is 11.5 Å². The summed E-state index contributed by atoms with van der Waals surface area (Å²) in [6.07, 6.45) is 12.0. The maximum absolute atomic E-state index is 5.59. The lowest BCUT2D eigenvalue weighted by Gasteiger charge is -2.24. The fourth-order valence-electron chi connectivity index (χ4n) is 4.24. The van der Waals surface area contributed by atoms with Crippen molar-refractivity contribution in [2.24, 2.45) is 4.99 Å². The van der Waals surface area contributed by atoms with Crippen molar-refractivity contribution < 1.29 is 9.47 Å². The first-order valence-corrected chi connectivity index (χ1v) is 10.8. The predicted octanol–water partition coefficient (Wildman–Crippen LogP) is 3.40. The van der Waals surface area contributed by atoms with Crippen LogP contribution in [0, 0.1) is 12.3 Å². The molecule has 0 spiro atoms. The summed E-state index contributed by atoms with van der Waals surface area (Å²) in [6, 6.07) is 7.10. The van der Waals surface area contributed by atoms with Gasteiger partial charge in [-0.15, -0.1) is 30.4 Å². The van der Waals surface area contributed by atoms with Crippen LogP contribution in [0.15, 0.2) is 23.2 Å². The molecule has 1 saturated carbocycles. The molecule has 1 saturated heterocycles. The zero-order valence-electron chi connectivity index (χ0n) is 18.2. The fraction of sp³-hybridized carbons (Fsp3) is 0.609. The zero-order valence-corrected chi connectivity index (χ0v) is 20.5. The number of nitrogens with zero attached hydrogens (tertiary/aromatic N) is 2. The van der Waals surface area contributed by atoms with E-state index < -0.39 is 0 Å². The molecule has 6 nitrogen and oxygen atoms in total. The van der Waals surface area contributed by atoms with E-state index in [1.807, 2.05) is 18.2 Å². The van der Waals surface area contributed by atoms with Crippen LogP contribution < -0.4 is 20.1 Å². The number of hydrogen-bond donors (Lipinski definition) is 2.